The number of rotatable bonds is 7. The minimum absolute atomic E-state index is 0.142. The summed E-state index contributed by atoms with van der Waals surface area (Å²) in [7, 11) is 0. The van der Waals surface area contributed by atoms with Gasteiger partial charge in [0.05, 0.1) is 18.3 Å². The summed E-state index contributed by atoms with van der Waals surface area (Å²) in [5.41, 5.74) is 0.554. The molecular formula is C19H22N2O5. The summed E-state index contributed by atoms with van der Waals surface area (Å²) in [6.07, 6.45) is 1.32. The normalized spacial score (nSPS) is 10.5. The van der Waals surface area contributed by atoms with E-state index in [9.17, 15) is 14.4 Å². The lowest BCUT2D eigenvalue weighted by atomic mass is 10.2. The molecule has 2 rings (SSSR count). The number of anilines is 1. The van der Waals surface area contributed by atoms with Gasteiger partial charge in [-0.25, -0.2) is 4.79 Å². The fourth-order valence-electron chi connectivity index (χ4n) is 2.23. The molecule has 1 heterocycles. The second kappa shape index (κ2) is 8.84. The Hall–Kier alpha value is -3.09. The predicted octanol–water partition coefficient (Wildman–Crippen LogP) is 2.45. The Labute approximate surface area is 151 Å². The Morgan fingerprint density at radius 3 is 2.46 bits per heavy atom. The number of pyridine rings is 1. The molecule has 2 aromatic rings. The summed E-state index contributed by atoms with van der Waals surface area (Å²) >= 11 is 0. The maximum Gasteiger partial charge on any atom is 0.338 e. The van der Waals surface area contributed by atoms with Gasteiger partial charge in [-0.2, -0.15) is 0 Å². The van der Waals surface area contributed by atoms with Crippen LogP contribution in [0.15, 0.2) is 47.4 Å². The van der Waals surface area contributed by atoms with E-state index in [4.69, 9.17) is 9.47 Å². The molecule has 0 aliphatic carbocycles. The average Bonchev–Trinajstić information content (AvgIpc) is 2.58. The van der Waals surface area contributed by atoms with Crippen molar-refractivity contribution in [1.82, 2.24) is 4.57 Å². The summed E-state index contributed by atoms with van der Waals surface area (Å²) in [4.78, 5) is 36.1. The molecule has 1 aromatic carbocycles. The van der Waals surface area contributed by atoms with Crippen LogP contribution in [0.2, 0.25) is 0 Å². The van der Waals surface area contributed by atoms with Gasteiger partial charge in [0.25, 0.3) is 5.56 Å². The Balaban J connectivity index is 2.01. The average molecular weight is 358 g/mol. The highest BCUT2D eigenvalue weighted by Gasteiger charge is 2.11. The molecule has 1 N–H and O–H groups in total. The van der Waals surface area contributed by atoms with Gasteiger partial charge < -0.3 is 19.4 Å². The fraction of sp³-hybridized carbons (Fsp3) is 0.316. The van der Waals surface area contributed by atoms with Crippen molar-refractivity contribution < 1.29 is 19.1 Å². The van der Waals surface area contributed by atoms with Crippen molar-refractivity contribution in [3.05, 3.63) is 58.5 Å². The molecule has 0 atom stereocenters. The fourth-order valence-corrected chi connectivity index (χ4v) is 2.23. The molecule has 0 spiro atoms. The third kappa shape index (κ3) is 5.20. The zero-order valence-electron chi connectivity index (χ0n) is 15.0. The molecule has 138 valence electrons. The third-order valence-electron chi connectivity index (χ3n) is 3.35. The lowest BCUT2D eigenvalue weighted by molar-refractivity contribution is -0.116. The topological polar surface area (TPSA) is 86.6 Å². The van der Waals surface area contributed by atoms with Gasteiger partial charge in [-0.3, -0.25) is 9.59 Å². The Kier molecular flexibility index (Phi) is 6.54. The van der Waals surface area contributed by atoms with Gasteiger partial charge in [-0.05, 0) is 57.2 Å². The van der Waals surface area contributed by atoms with E-state index in [0.29, 0.717) is 17.9 Å². The molecule has 0 saturated heterocycles. The quantitative estimate of drug-likeness (QED) is 0.768. The number of hydrogen-bond acceptors (Lipinski definition) is 5. The van der Waals surface area contributed by atoms with Crippen LogP contribution in [0, 0.1) is 0 Å². The molecule has 0 aliphatic heterocycles. The molecule has 7 heteroatoms. The van der Waals surface area contributed by atoms with Gasteiger partial charge in [0.2, 0.25) is 5.91 Å². The zero-order valence-corrected chi connectivity index (χ0v) is 15.0. The first-order valence-electron chi connectivity index (χ1n) is 8.34. The molecule has 0 aliphatic rings. The van der Waals surface area contributed by atoms with Crippen molar-refractivity contribution in [3.8, 4) is 5.75 Å². The van der Waals surface area contributed by atoms with E-state index in [1.54, 1.807) is 57.2 Å². The molecule has 26 heavy (non-hydrogen) atoms. The smallest absolute Gasteiger partial charge is 0.338 e. The number of hydrogen-bond donors (Lipinski definition) is 1. The van der Waals surface area contributed by atoms with Crippen molar-refractivity contribution in [2.45, 2.75) is 33.4 Å². The molecule has 1 amide bonds. The highest BCUT2D eigenvalue weighted by molar-refractivity contribution is 5.93. The van der Waals surface area contributed by atoms with Gasteiger partial charge in [0.1, 0.15) is 6.54 Å². The number of nitrogens with one attached hydrogen (secondary N) is 1. The molecule has 0 radical (unpaired) electrons. The number of benzene rings is 1. The summed E-state index contributed by atoms with van der Waals surface area (Å²) in [5, 5.41) is 2.68. The zero-order chi connectivity index (χ0) is 19.1. The van der Waals surface area contributed by atoms with Gasteiger partial charge >= 0.3 is 5.97 Å². The second-order valence-electron chi connectivity index (χ2n) is 5.82. The third-order valence-corrected chi connectivity index (χ3v) is 3.35. The van der Waals surface area contributed by atoms with E-state index in [2.05, 4.69) is 5.32 Å². The molecule has 7 nitrogen and oxygen atoms in total. The van der Waals surface area contributed by atoms with Crippen LogP contribution >= 0.6 is 0 Å². The minimum Gasteiger partial charge on any atom is -0.488 e. The number of aromatic nitrogens is 1. The number of amides is 1. The van der Waals surface area contributed by atoms with Crippen molar-refractivity contribution in [3.63, 3.8) is 0 Å². The molecule has 0 bridgehead atoms. The van der Waals surface area contributed by atoms with E-state index in [0.717, 1.165) is 0 Å². The first-order valence-corrected chi connectivity index (χ1v) is 8.34. The molecule has 1 aromatic heterocycles. The maximum absolute atomic E-state index is 12.2. The number of esters is 1. The van der Waals surface area contributed by atoms with Crippen LogP contribution in [-0.2, 0) is 16.1 Å². The van der Waals surface area contributed by atoms with E-state index in [-0.39, 0.29) is 29.9 Å². The number of nitrogens with zero attached hydrogens (tertiary/aromatic N) is 1. The van der Waals surface area contributed by atoms with E-state index >= 15 is 0 Å². The number of ether oxygens (including phenoxy) is 2. The van der Waals surface area contributed by atoms with Crippen LogP contribution in [0.3, 0.4) is 0 Å². The monoisotopic (exact) mass is 358 g/mol. The standard InChI is InChI=1S/C19H22N2O5/c1-4-25-16-6-5-11-21(18(16)23)12-17(22)20-15-9-7-14(8-10-15)19(24)26-13(2)3/h5-11,13H,4,12H2,1-3H3,(H,20,22). The van der Waals surface area contributed by atoms with Gasteiger partial charge in [0, 0.05) is 11.9 Å². The first kappa shape index (κ1) is 19.2. The van der Waals surface area contributed by atoms with Crippen molar-refractivity contribution in [2.24, 2.45) is 0 Å². The molecule has 0 saturated carbocycles. The lowest BCUT2D eigenvalue weighted by Gasteiger charge is -2.10. The molecule has 0 fully saturated rings. The predicted molar refractivity (Wildman–Crippen MR) is 97.5 cm³/mol. The molecule has 0 unspecified atom stereocenters. The van der Waals surface area contributed by atoms with Crippen LogP contribution < -0.4 is 15.6 Å². The Morgan fingerprint density at radius 2 is 1.85 bits per heavy atom. The number of carbonyl (C=O) groups is 2. The highest BCUT2D eigenvalue weighted by atomic mass is 16.5. The van der Waals surface area contributed by atoms with Crippen LogP contribution in [0.1, 0.15) is 31.1 Å². The summed E-state index contributed by atoms with van der Waals surface area (Å²) in [6, 6.07) is 9.57. The van der Waals surface area contributed by atoms with Gasteiger partial charge in [-0.15, -0.1) is 0 Å². The van der Waals surface area contributed by atoms with Crippen LogP contribution in [0.4, 0.5) is 5.69 Å². The lowest BCUT2D eigenvalue weighted by Crippen LogP contribution is -2.28. The maximum atomic E-state index is 12.2. The van der Waals surface area contributed by atoms with E-state index in [1.807, 2.05) is 0 Å². The minimum atomic E-state index is -0.419. The summed E-state index contributed by atoms with van der Waals surface area (Å²) in [5.74, 6) is -0.578. The second-order valence-corrected chi connectivity index (χ2v) is 5.82. The summed E-state index contributed by atoms with van der Waals surface area (Å²) < 4.78 is 11.6. The van der Waals surface area contributed by atoms with Crippen LogP contribution in [-0.4, -0.2) is 29.2 Å². The Morgan fingerprint density at radius 1 is 1.15 bits per heavy atom. The van der Waals surface area contributed by atoms with Crippen molar-refractivity contribution >= 4 is 17.6 Å². The largest absolute Gasteiger partial charge is 0.488 e. The van der Waals surface area contributed by atoms with Crippen molar-refractivity contribution in [1.29, 1.82) is 0 Å². The van der Waals surface area contributed by atoms with E-state index in [1.165, 1.54) is 10.8 Å². The Bertz CT molecular complexity index is 825. The SMILES string of the molecule is CCOc1cccn(CC(=O)Nc2ccc(C(=O)OC(C)C)cc2)c1=O. The number of carbonyl (C=O) groups excluding carboxylic acids is 2. The van der Waals surface area contributed by atoms with Gasteiger partial charge in [-0.1, -0.05) is 0 Å². The molecular weight excluding hydrogens is 336 g/mol. The summed E-state index contributed by atoms with van der Waals surface area (Å²) in [6.45, 7) is 5.56. The van der Waals surface area contributed by atoms with Crippen molar-refractivity contribution in [2.75, 3.05) is 11.9 Å². The van der Waals surface area contributed by atoms with Crippen LogP contribution in [0.25, 0.3) is 0 Å². The van der Waals surface area contributed by atoms with E-state index < -0.39 is 5.97 Å². The van der Waals surface area contributed by atoms with Gasteiger partial charge in [0.15, 0.2) is 5.75 Å². The first-order chi connectivity index (χ1) is 12.4. The highest BCUT2D eigenvalue weighted by Crippen LogP contribution is 2.11. The van der Waals surface area contributed by atoms with Crippen LogP contribution in [0.5, 0.6) is 5.75 Å².